The minimum absolute atomic E-state index is 0.742. The molecule has 2 rings (SSSR count). The van der Waals surface area contributed by atoms with Crippen molar-refractivity contribution in [3.05, 3.63) is 11.3 Å². The second-order valence-corrected chi connectivity index (χ2v) is 6.39. The summed E-state index contributed by atoms with van der Waals surface area (Å²) >= 11 is 0. The predicted molar refractivity (Wildman–Crippen MR) is 89.8 cm³/mol. The van der Waals surface area contributed by atoms with Crippen molar-refractivity contribution in [1.82, 2.24) is 15.1 Å². The Morgan fingerprint density at radius 3 is 2.48 bits per heavy atom. The molecule has 0 amide bonds. The van der Waals surface area contributed by atoms with E-state index in [4.69, 9.17) is 0 Å². The molecule has 1 aliphatic rings. The van der Waals surface area contributed by atoms with Crippen molar-refractivity contribution in [3.8, 4) is 0 Å². The van der Waals surface area contributed by atoms with E-state index >= 15 is 0 Å². The van der Waals surface area contributed by atoms with Gasteiger partial charge in [-0.2, -0.15) is 5.10 Å². The maximum absolute atomic E-state index is 4.67. The SMILES string of the molecule is CCC(CC)CN(CC)c1c(CNC2CC2)c(C)nn1C. The molecule has 0 radical (unpaired) electrons. The molecule has 4 heteroatoms. The Bertz CT molecular complexity index is 444. The van der Waals surface area contributed by atoms with Gasteiger partial charge in [-0.05, 0) is 32.6 Å². The molecule has 0 aliphatic heterocycles. The summed E-state index contributed by atoms with van der Waals surface area (Å²) in [5.41, 5.74) is 2.56. The van der Waals surface area contributed by atoms with Crippen LogP contribution >= 0.6 is 0 Å². The zero-order valence-corrected chi connectivity index (χ0v) is 14.4. The molecule has 4 nitrogen and oxygen atoms in total. The second kappa shape index (κ2) is 7.30. The van der Waals surface area contributed by atoms with E-state index in [-0.39, 0.29) is 0 Å². The first-order valence-electron chi connectivity index (χ1n) is 8.61. The lowest BCUT2D eigenvalue weighted by Gasteiger charge is -2.28. The van der Waals surface area contributed by atoms with Crippen LogP contribution < -0.4 is 10.2 Å². The van der Waals surface area contributed by atoms with Gasteiger partial charge in [-0.15, -0.1) is 0 Å². The number of nitrogens with zero attached hydrogens (tertiary/aromatic N) is 3. The molecule has 120 valence electrons. The zero-order chi connectivity index (χ0) is 15.4. The molecule has 0 saturated heterocycles. The third-order valence-corrected chi connectivity index (χ3v) is 4.77. The van der Waals surface area contributed by atoms with Crippen molar-refractivity contribution in [1.29, 1.82) is 0 Å². The van der Waals surface area contributed by atoms with Crippen molar-refractivity contribution in [3.63, 3.8) is 0 Å². The Hall–Kier alpha value is -1.03. The van der Waals surface area contributed by atoms with Crippen molar-refractivity contribution in [2.45, 2.75) is 66.0 Å². The summed E-state index contributed by atoms with van der Waals surface area (Å²) in [7, 11) is 2.08. The van der Waals surface area contributed by atoms with Gasteiger partial charge in [0, 0.05) is 38.3 Å². The molecule has 0 aromatic carbocycles. The van der Waals surface area contributed by atoms with Crippen LogP contribution in [-0.2, 0) is 13.6 Å². The summed E-state index contributed by atoms with van der Waals surface area (Å²) in [4.78, 5) is 2.52. The van der Waals surface area contributed by atoms with Gasteiger partial charge in [0.25, 0.3) is 0 Å². The summed E-state index contributed by atoms with van der Waals surface area (Å²) in [6, 6.07) is 0.742. The fraction of sp³-hybridized carbons (Fsp3) is 0.824. The van der Waals surface area contributed by atoms with Crippen LogP contribution in [0, 0.1) is 12.8 Å². The maximum Gasteiger partial charge on any atom is 0.131 e. The van der Waals surface area contributed by atoms with E-state index < -0.39 is 0 Å². The molecule has 1 aliphatic carbocycles. The molecule has 0 atom stereocenters. The molecule has 0 spiro atoms. The summed E-state index contributed by atoms with van der Waals surface area (Å²) in [6.45, 7) is 12.1. The van der Waals surface area contributed by atoms with E-state index in [1.807, 2.05) is 0 Å². The van der Waals surface area contributed by atoms with Gasteiger partial charge in [0.2, 0.25) is 0 Å². The molecule has 0 unspecified atom stereocenters. The van der Waals surface area contributed by atoms with Crippen molar-refractivity contribution >= 4 is 5.82 Å². The highest BCUT2D eigenvalue weighted by molar-refractivity contribution is 5.50. The number of nitrogens with one attached hydrogen (secondary N) is 1. The number of aromatic nitrogens is 2. The van der Waals surface area contributed by atoms with Crippen LogP contribution in [0.5, 0.6) is 0 Å². The highest BCUT2D eigenvalue weighted by Gasteiger charge is 2.24. The first-order chi connectivity index (χ1) is 10.1. The van der Waals surface area contributed by atoms with Gasteiger partial charge in [-0.1, -0.05) is 26.7 Å². The van der Waals surface area contributed by atoms with Gasteiger partial charge >= 0.3 is 0 Å². The average molecular weight is 292 g/mol. The molecule has 1 fully saturated rings. The molecule has 1 heterocycles. The van der Waals surface area contributed by atoms with Gasteiger partial charge in [0.1, 0.15) is 5.82 Å². The third-order valence-electron chi connectivity index (χ3n) is 4.77. The average Bonchev–Trinajstić information content (AvgIpc) is 3.25. The number of aryl methyl sites for hydroxylation is 2. The predicted octanol–water partition coefficient (Wildman–Crippen LogP) is 3.24. The third kappa shape index (κ3) is 4.00. The Kier molecular flexibility index (Phi) is 5.68. The van der Waals surface area contributed by atoms with Crippen LogP contribution in [-0.4, -0.2) is 28.9 Å². The molecular weight excluding hydrogens is 260 g/mol. The lowest BCUT2D eigenvalue weighted by Crippen LogP contribution is -2.32. The Morgan fingerprint density at radius 2 is 1.95 bits per heavy atom. The Labute approximate surface area is 129 Å². The molecule has 21 heavy (non-hydrogen) atoms. The summed E-state index contributed by atoms with van der Waals surface area (Å²) in [5, 5.41) is 8.32. The number of hydrogen-bond donors (Lipinski definition) is 1. The van der Waals surface area contributed by atoms with Gasteiger partial charge in [0.15, 0.2) is 0 Å². The van der Waals surface area contributed by atoms with E-state index in [0.717, 1.165) is 31.6 Å². The van der Waals surface area contributed by atoms with E-state index in [1.54, 1.807) is 0 Å². The first-order valence-corrected chi connectivity index (χ1v) is 8.61. The monoisotopic (exact) mass is 292 g/mol. The number of hydrogen-bond acceptors (Lipinski definition) is 3. The van der Waals surface area contributed by atoms with Crippen molar-refractivity contribution in [2.75, 3.05) is 18.0 Å². The van der Waals surface area contributed by atoms with Gasteiger partial charge in [-0.3, -0.25) is 4.68 Å². The van der Waals surface area contributed by atoms with E-state index in [0.29, 0.717) is 0 Å². The van der Waals surface area contributed by atoms with Gasteiger partial charge < -0.3 is 10.2 Å². The fourth-order valence-corrected chi connectivity index (χ4v) is 3.05. The largest absolute Gasteiger partial charge is 0.357 e. The molecule has 1 aromatic heterocycles. The lowest BCUT2D eigenvalue weighted by atomic mass is 10.0. The minimum Gasteiger partial charge on any atom is -0.357 e. The van der Waals surface area contributed by atoms with Gasteiger partial charge in [-0.25, -0.2) is 0 Å². The molecule has 0 bridgehead atoms. The molecule has 1 N–H and O–H groups in total. The highest BCUT2D eigenvalue weighted by atomic mass is 15.4. The smallest absolute Gasteiger partial charge is 0.131 e. The van der Waals surface area contributed by atoms with Gasteiger partial charge in [0.05, 0.1) is 5.69 Å². The fourth-order valence-electron chi connectivity index (χ4n) is 3.05. The maximum atomic E-state index is 4.67. The topological polar surface area (TPSA) is 33.1 Å². The van der Waals surface area contributed by atoms with Crippen LogP contribution in [0.15, 0.2) is 0 Å². The normalized spacial score (nSPS) is 15.0. The first kappa shape index (κ1) is 16.3. The second-order valence-electron chi connectivity index (χ2n) is 6.39. The van der Waals surface area contributed by atoms with Crippen LogP contribution in [0.4, 0.5) is 5.82 Å². The summed E-state index contributed by atoms with van der Waals surface area (Å²) in [5.74, 6) is 2.08. The molecule has 1 aromatic rings. The van der Waals surface area contributed by atoms with Crippen molar-refractivity contribution in [2.24, 2.45) is 13.0 Å². The number of anilines is 1. The molecular formula is C17H32N4. The summed E-state index contributed by atoms with van der Waals surface area (Å²) in [6.07, 6.45) is 5.17. The number of rotatable bonds is 9. The van der Waals surface area contributed by atoms with Crippen LogP contribution in [0.2, 0.25) is 0 Å². The van der Waals surface area contributed by atoms with Crippen molar-refractivity contribution < 1.29 is 0 Å². The lowest BCUT2D eigenvalue weighted by molar-refractivity contribution is 0.480. The quantitative estimate of drug-likeness (QED) is 0.758. The van der Waals surface area contributed by atoms with Crippen LogP contribution in [0.3, 0.4) is 0 Å². The molecule has 1 saturated carbocycles. The Balaban J connectivity index is 2.17. The standard InChI is InChI=1S/C17H32N4/c1-6-14(7-2)12-21(8-3)17-16(11-18-15-9-10-15)13(4)19-20(17)5/h14-15,18H,6-12H2,1-5H3. The van der Waals surface area contributed by atoms with E-state index in [9.17, 15) is 0 Å². The van der Waals surface area contributed by atoms with E-state index in [2.05, 4.69) is 54.7 Å². The Morgan fingerprint density at radius 1 is 1.29 bits per heavy atom. The zero-order valence-electron chi connectivity index (χ0n) is 14.4. The van der Waals surface area contributed by atoms with Crippen LogP contribution in [0.25, 0.3) is 0 Å². The minimum atomic E-state index is 0.742. The summed E-state index contributed by atoms with van der Waals surface area (Å²) < 4.78 is 2.07. The van der Waals surface area contributed by atoms with E-state index in [1.165, 1.54) is 42.8 Å². The van der Waals surface area contributed by atoms with Crippen LogP contribution in [0.1, 0.15) is 57.7 Å². The highest BCUT2D eigenvalue weighted by Crippen LogP contribution is 2.27.